The molecule has 1 aliphatic rings. The summed E-state index contributed by atoms with van der Waals surface area (Å²) in [6.45, 7) is 13.0. The highest BCUT2D eigenvalue weighted by molar-refractivity contribution is 6.06. The zero-order valence-corrected chi connectivity index (χ0v) is 23.4. The van der Waals surface area contributed by atoms with Crippen LogP contribution in [-0.2, 0) is 16.8 Å². The number of carbonyl (C=O) groups is 1. The lowest BCUT2D eigenvalue weighted by atomic mass is 9.87. The highest BCUT2D eigenvalue weighted by Gasteiger charge is 2.33. The Bertz CT molecular complexity index is 1530. The van der Waals surface area contributed by atoms with Crippen molar-refractivity contribution in [1.29, 1.82) is 0 Å². The minimum absolute atomic E-state index is 0.120. The van der Waals surface area contributed by atoms with Crippen LogP contribution in [0.1, 0.15) is 61.6 Å². The molecule has 2 N–H and O–H groups in total. The minimum Gasteiger partial charge on any atom is -0.489 e. The van der Waals surface area contributed by atoms with Crippen LogP contribution >= 0.6 is 0 Å². The van der Waals surface area contributed by atoms with Crippen molar-refractivity contribution in [2.45, 2.75) is 59.6 Å². The molecule has 1 amide bonds. The average Bonchev–Trinajstić information content (AvgIpc) is 3.36. The predicted octanol–water partition coefficient (Wildman–Crippen LogP) is 6.70. The number of allylic oxidation sites excluding steroid dienone is 1. The van der Waals surface area contributed by atoms with Gasteiger partial charge in [-0.05, 0) is 66.6 Å². The van der Waals surface area contributed by atoms with Gasteiger partial charge in [0.25, 0.3) is 5.91 Å². The molecule has 2 heterocycles. The Morgan fingerprint density at radius 2 is 1.72 bits per heavy atom. The van der Waals surface area contributed by atoms with E-state index in [0.29, 0.717) is 18.1 Å². The largest absolute Gasteiger partial charge is 0.489 e. The molecule has 5 rings (SSSR count). The van der Waals surface area contributed by atoms with E-state index in [-0.39, 0.29) is 11.3 Å². The number of benzene rings is 3. The summed E-state index contributed by atoms with van der Waals surface area (Å²) in [5, 5.41) is 10.8. The van der Waals surface area contributed by atoms with Crippen LogP contribution < -0.4 is 15.4 Å². The van der Waals surface area contributed by atoms with E-state index in [0.717, 1.165) is 39.4 Å². The second-order valence-electron chi connectivity index (χ2n) is 11.2. The highest BCUT2D eigenvalue weighted by Crippen LogP contribution is 2.36. The zero-order valence-electron chi connectivity index (χ0n) is 23.4. The van der Waals surface area contributed by atoms with Crippen LogP contribution in [0.2, 0.25) is 0 Å². The van der Waals surface area contributed by atoms with Crippen LogP contribution in [-0.4, -0.2) is 20.7 Å². The van der Waals surface area contributed by atoms with Gasteiger partial charge in [0.05, 0.1) is 5.57 Å². The third-order valence-electron chi connectivity index (χ3n) is 7.09. The van der Waals surface area contributed by atoms with Gasteiger partial charge in [0.15, 0.2) is 0 Å². The number of fused-ring (bicyclic) bond motifs is 1. The topological polar surface area (TPSA) is 81.1 Å². The first kappa shape index (κ1) is 26.2. The number of nitrogens with one attached hydrogen (secondary N) is 2. The van der Waals surface area contributed by atoms with E-state index in [1.807, 2.05) is 57.2 Å². The average molecular weight is 522 g/mol. The molecule has 1 aliphatic heterocycles. The zero-order chi connectivity index (χ0) is 27.7. The first-order valence-electron chi connectivity index (χ1n) is 13.2. The van der Waals surface area contributed by atoms with Crippen molar-refractivity contribution < 1.29 is 9.53 Å². The number of amides is 1. The quantitative estimate of drug-likeness (QED) is 0.295. The summed E-state index contributed by atoms with van der Waals surface area (Å²) in [4.78, 5) is 18.0. The van der Waals surface area contributed by atoms with Gasteiger partial charge < -0.3 is 15.4 Å². The van der Waals surface area contributed by atoms with Crippen LogP contribution in [0.3, 0.4) is 0 Å². The number of rotatable bonds is 6. The van der Waals surface area contributed by atoms with Gasteiger partial charge in [-0.1, -0.05) is 74.9 Å². The maximum atomic E-state index is 13.6. The Labute approximate surface area is 229 Å². The SMILES string of the molecule is CC1=C(C(=O)Nc2ccc(C)cc2C)C(c2ccc(OCc3ccc(C(C)(C)C)cc3)cc2)n2ncnc2N1. The molecule has 1 aromatic heterocycles. The van der Waals surface area contributed by atoms with Crippen molar-refractivity contribution >= 4 is 17.5 Å². The van der Waals surface area contributed by atoms with Gasteiger partial charge in [-0.25, -0.2) is 4.68 Å². The molecule has 0 spiro atoms. The molecule has 3 aromatic carbocycles. The van der Waals surface area contributed by atoms with Crippen molar-refractivity contribution in [2.75, 3.05) is 10.6 Å². The van der Waals surface area contributed by atoms with Gasteiger partial charge in [-0.15, -0.1) is 0 Å². The third-order valence-corrected chi connectivity index (χ3v) is 7.09. The fraction of sp³-hybridized carbons (Fsp3) is 0.281. The van der Waals surface area contributed by atoms with Crippen molar-refractivity contribution in [3.63, 3.8) is 0 Å². The second-order valence-corrected chi connectivity index (χ2v) is 11.2. The number of hydrogen-bond donors (Lipinski definition) is 2. The molecule has 0 saturated heterocycles. The van der Waals surface area contributed by atoms with Gasteiger partial charge in [0.2, 0.25) is 5.95 Å². The van der Waals surface area contributed by atoms with E-state index in [9.17, 15) is 4.79 Å². The number of ether oxygens (including phenoxy) is 1. The molecule has 0 radical (unpaired) electrons. The maximum absolute atomic E-state index is 13.6. The molecule has 200 valence electrons. The summed E-state index contributed by atoms with van der Waals surface area (Å²) < 4.78 is 7.82. The Balaban J connectivity index is 1.37. The lowest BCUT2D eigenvalue weighted by Crippen LogP contribution is -2.31. The van der Waals surface area contributed by atoms with Crippen LogP contribution in [0, 0.1) is 13.8 Å². The fourth-order valence-electron chi connectivity index (χ4n) is 4.85. The molecule has 0 fully saturated rings. The Hall–Kier alpha value is -4.39. The summed E-state index contributed by atoms with van der Waals surface area (Å²) >= 11 is 0. The molecule has 1 atom stereocenters. The van der Waals surface area contributed by atoms with E-state index in [1.165, 1.54) is 11.9 Å². The van der Waals surface area contributed by atoms with Gasteiger partial charge in [-0.3, -0.25) is 4.79 Å². The smallest absolute Gasteiger partial charge is 0.255 e. The number of nitrogens with zero attached hydrogens (tertiary/aromatic N) is 3. The molecular weight excluding hydrogens is 486 g/mol. The van der Waals surface area contributed by atoms with Gasteiger partial charge in [-0.2, -0.15) is 10.1 Å². The molecule has 7 heteroatoms. The third kappa shape index (κ3) is 5.58. The minimum atomic E-state index is -0.437. The number of anilines is 2. The van der Waals surface area contributed by atoms with Gasteiger partial charge in [0.1, 0.15) is 24.7 Å². The van der Waals surface area contributed by atoms with Crippen molar-refractivity contribution in [1.82, 2.24) is 14.8 Å². The Morgan fingerprint density at radius 1 is 1.00 bits per heavy atom. The number of hydrogen-bond acceptors (Lipinski definition) is 5. The predicted molar refractivity (Wildman–Crippen MR) is 155 cm³/mol. The normalized spacial score (nSPS) is 15.0. The van der Waals surface area contributed by atoms with E-state index in [4.69, 9.17) is 4.74 Å². The fourth-order valence-corrected chi connectivity index (χ4v) is 4.85. The number of aromatic nitrogens is 3. The first-order chi connectivity index (χ1) is 18.6. The van der Waals surface area contributed by atoms with E-state index >= 15 is 0 Å². The molecular formula is C32H35N5O2. The van der Waals surface area contributed by atoms with Crippen LogP contribution in [0.15, 0.2) is 84.3 Å². The Kier molecular flexibility index (Phi) is 7.00. The molecule has 4 aromatic rings. The van der Waals surface area contributed by atoms with Crippen molar-refractivity contribution in [3.8, 4) is 5.75 Å². The molecule has 0 bridgehead atoms. The number of carbonyl (C=O) groups excluding carboxylic acids is 1. The van der Waals surface area contributed by atoms with Crippen molar-refractivity contribution in [3.05, 3.63) is 112 Å². The molecule has 0 aliphatic carbocycles. The summed E-state index contributed by atoms with van der Waals surface area (Å²) in [5.41, 5.74) is 7.71. The number of aryl methyl sites for hydroxylation is 2. The summed E-state index contributed by atoms with van der Waals surface area (Å²) in [6, 6.07) is 21.9. The molecule has 0 saturated carbocycles. The standard InChI is InChI=1S/C32H35N5O2/c1-20-7-16-27(21(2)17-20)36-30(38)28-22(3)35-31-33-19-34-37(31)29(28)24-10-14-26(15-11-24)39-18-23-8-12-25(13-9-23)32(4,5)6/h7-17,19,29H,18H2,1-6H3,(H,36,38)(H,33,34,35). The van der Waals surface area contributed by atoms with E-state index in [2.05, 4.69) is 71.8 Å². The van der Waals surface area contributed by atoms with Crippen LogP contribution in [0.4, 0.5) is 11.6 Å². The van der Waals surface area contributed by atoms with Crippen LogP contribution in [0.5, 0.6) is 5.75 Å². The molecule has 1 unspecified atom stereocenters. The lowest BCUT2D eigenvalue weighted by Gasteiger charge is -2.29. The second kappa shape index (κ2) is 10.4. The van der Waals surface area contributed by atoms with Gasteiger partial charge in [0, 0.05) is 11.4 Å². The van der Waals surface area contributed by atoms with E-state index in [1.54, 1.807) is 4.68 Å². The Morgan fingerprint density at radius 3 is 2.38 bits per heavy atom. The highest BCUT2D eigenvalue weighted by atomic mass is 16.5. The van der Waals surface area contributed by atoms with Gasteiger partial charge >= 0.3 is 0 Å². The van der Waals surface area contributed by atoms with Crippen molar-refractivity contribution in [2.24, 2.45) is 0 Å². The van der Waals surface area contributed by atoms with E-state index < -0.39 is 6.04 Å². The summed E-state index contributed by atoms with van der Waals surface area (Å²) in [6.07, 6.45) is 1.50. The monoisotopic (exact) mass is 521 g/mol. The molecule has 7 nitrogen and oxygen atoms in total. The van der Waals surface area contributed by atoms with Crippen LogP contribution in [0.25, 0.3) is 0 Å². The summed E-state index contributed by atoms with van der Waals surface area (Å²) in [7, 11) is 0. The lowest BCUT2D eigenvalue weighted by molar-refractivity contribution is -0.113. The summed E-state index contributed by atoms with van der Waals surface area (Å²) in [5.74, 6) is 1.17. The molecule has 39 heavy (non-hydrogen) atoms. The maximum Gasteiger partial charge on any atom is 0.255 e. The first-order valence-corrected chi connectivity index (χ1v) is 13.2.